The fourth-order valence-corrected chi connectivity index (χ4v) is 4.37. The summed E-state index contributed by atoms with van der Waals surface area (Å²) in [6, 6.07) is 13.6. The number of fused-ring (bicyclic) bond motifs is 2. The smallest absolute Gasteiger partial charge is 0.356 e. The van der Waals surface area contributed by atoms with Crippen LogP contribution in [-0.2, 0) is 7.05 Å². The molecule has 2 N–H and O–H groups in total. The SMILES string of the molecule is Cc1cc(C(C)Nc2ccc(Cl)nc2C(=O)O)c2oc(-c3ccc4nn(C)cc4c3)cc(=O)c2c1. The standard InChI is InChI=1S/C26H21ClN4O4/c1-13-8-17(14(2)28-20-6-7-23(27)29-24(20)26(33)34)25-18(9-13)21(32)11-22(35-25)15-4-5-19-16(10-15)12-31(3)30-19/h4-12,14,28H,1-3H3,(H,33,34). The molecular weight excluding hydrogens is 468 g/mol. The maximum atomic E-state index is 13.1. The minimum atomic E-state index is -1.20. The topological polar surface area (TPSA) is 110 Å². The van der Waals surface area contributed by atoms with E-state index in [1.54, 1.807) is 16.8 Å². The molecule has 3 aromatic heterocycles. The Hall–Kier alpha value is -4.17. The summed E-state index contributed by atoms with van der Waals surface area (Å²) in [5, 5.41) is 18.6. The van der Waals surface area contributed by atoms with Crippen LogP contribution in [0.25, 0.3) is 33.2 Å². The molecule has 176 valence electrons. The van der Waals surface area contributed by atoms with Gasteiger partial charge in [0.2, 0.25) is 0 Å². The first-order chi connectivity index (χ1) is 16.7. The van der Waals surface area contributed by atoms with Gasteiger partial charge in [-0.2, -0.15) is 5.10 Å². The van der Waals surface area contributed by atoms with E-state index in [1.165, 1.54) is 12.1 Å². The van der Waals surface area contributed by atoms with Crippen LogP contribution in [0, 0.1) is 6.92 Å². The first kappa shape index (κ1) is 22.6. The van der Waals surface area contributed by atoms with Gasteiger partial charge in [0.15, 0.2) is 11.1 Å². The number of nitrogens with zero attached hydrogens (tertiary/aromatic N) is 3. The molecule has 1 unspecified atom stereocenters. The highest BCUT2D eigenvalue weighted by Crippen LogP contribution is 2.32. The first-order valence-corrected chi connectivity index (χ1v) is 11.3. The Balaban J connectivity index is 1.63. The summed E-state index contributed by atoms with van der Waals surface area (Å²) >= 11 is 5.89. The molecule has 0 aliphatic heterocycles. The minimum absolute atomic E-state index is 0.0860. The molecule has 0 fully saturated rings. The summed E-state index contributed by atoms with van der Waals surface area (Å²) in [5.74, 6) is -0.763. The number of aryl methyl sites for hydroxylation is 2. The third kappa shape index (κ3) is 4.24. The van der Waals surface area contributed by atoms with E-state index < -0.39 is 12.0 Å². The van der Waals surface area contributed by atoms with Crippen LogP contribution >= 0.6 is 11.6 Å². The van der Waals surface area contributed by atoms with E-state index in [-0.39, 0.29) is 16.3 Å². The number of nitrogens with one attached hydrogen (secondary N) is 1. The molecule has 0 amide bonds. The molecule has 0 aliphatic carbocycles. The lowest BCUT2D eigenvalue weighted by atomic mass is 10.0. The fourth-order valence-electron chi connectivity index (χ4n) is 4.23. The highest BCUT2D eigenvalue weighted by Gasteiger charge is 2.20. The first-order valence-electron chi connectivity index (χ1n) is 10.9. The van der Waals surface area contributed by atoms with E-state index in [4.69, 9.17) is 16.0 Å². The van der Waals surface area contributed by atoms with Gasteiger partial charge < -0.3 is 14.8 Å². The molecule has 9 heteroatoms. The van der Waals surface area contributed by atoms with Crippen molar-refractivity contribution in [2.45, 2.75) is 19.9 Å². The predicted octanol–water partition coefficient (Wildman–Crippen LogP) is 5.57. The van der Waals surface area contributed by atoms with E-state index in [0.29, 0.717) is 28.0 Å². The molecule has 1 atom stereocenters. The van der Waals surface area contributed by atoms with Gasteiger partial charge in [-0.15, -0.1) is 0 Å². The molecule has 0 spiro atoms. The number of carboxylic acid groups (broad SMARTS) is 1. The zero-order valence-electron chi connectivity index (χ0n) is 19.2. The van der Waals surface area contributed by atoms with Crippen LogP contribution in [0.1, 0.15) is 34.6 Å². The average molecular weight is 489 g/mol. The zero-order valence-corrected chi connectivity index (χ0v) is 19.9. The van der Waals surface area contributed by atoms with Crippen molar-refractivity contribution in [2.24, 2.45) is 7.05 Å². The lowest BCUT2D eigenvalue weighted by Gasteiger charge is -2.19. The number of rotatable bonds is 5. The van der Waals surface area contributed by atoms with E-state index in [2.05, 4.69) is 15.4 Å². The number of aromatic nitrogens is 3. The molecule has 3 heterocycles. The number of halogens is 1. The van der Waals surface area contributed by atoms with Crippen molar-refractivity contribution in [3.05, 3.63) is 86.9 Å². The third-order valence-electron chi connectivity index (χ3n) is 5.81. The molecule has 35 heavy (non-hydrogen) atoms. The van der Waals surface area contributed by atoms with Crippen LogP contribution < -0.4 is 10.7 Å². The van der Waals surface area contributed by atoms with Crippen LogP contribution in [0.2, 0.25) is 5.15 Å². The van der Waals surface area contributed by atoms with Gasteiger partial charge in [-0.25, -0.2) is 9.78 Å². The lowest BCUT2D eigenvalue weighted by Crippen LogP contribution is -2.13. The van der Waals surface area contributed by atoms with E-state index in [9.17, 15) is 14.7 Å². The number of pyridine rings is 1. The van der Waals surface area contributed by atoms with Crippen molar-refractivity contribution in [1.82, 2.24) is 14.8 Å². The van der Waals surface area contributed by atoms with Gasteiger partial charge in [-0.05, 0) is 55.8 Å². The van der Waals surface area contributed by atoms with Crippen molar-refractivity contribution >= 4 is 45.1 Å². The molecule has 0 radical (unpaired) electrons. The van der Waals surface area contributed by atoms with Crippen molar-refractivity contribution in [3.63, 3.8) is 0 Å². The summed E-state index contributed by atoms with van der Waals surface area (Å²) in [7, 11) is 1.85. The Bertz CT molecular complexity index is 1690. The van der Waals surface area contributed by atoms with Crippen molar-refractivity contribution in [2.75, 3.05) is 5.32 Å². The largest absolute Gasteiger partial charge is 0.476 e. The molecular formula is C26H21ClN4O4. The molecule has 5 rings (SSSR count). The number of carbonyl (C=O) groups is 1. The normalized spacial score (nSPS) is 12.2. The van der Waals surface area contributed by atoms with Gasteiger partial charge in [0.05, 0.1) is 22.6 Å². The molecule has 0 bridgehead atoms. The quantitative estimate of drug-likeness (QED) is 0.311. The monoisotopic (exact) mass is 488 g/mol. The van der Waals surface area contributed by atoms with E-state index in [1.807, 2.05) is 51.4 Å². The van der Waals surface area contributed by atoms with Gasteiger partial charge >= 0.3 is 5.97 Å². The molecule has 5 aromatic rings. The van der Waals surface area contributed by atoms with Crippen LogP contribution in [-0.4, -0.2) is 25.8 Å². The number of aromatic carboxylic acids is 1. The van der Waals surface area contributed by atoms with Crippen molar-refractivity contribution in [1.29, 1.82) is 0 Å². The van der Waals surface area contributed by atoms with Crippen LogP contribution in [0.4, 0.5) is 5.69 Å². The molecule has 0 saturated carbocycles. The highest BCUT2D eigenvalue weighted by atomic mass is 35.5. The Morgan fingerprint density at radius 2 is 1.97 bits per heavy atom. The number of anilines is 1. The summed E-state index contributed by atoms with van der Waals surface area (Å²) < 4.78 is 8.04. The second-order valence-corrected chi connectivity index (χ2v) is 8.87. The number of carboxylic acids is 1. The maximum absolute atomic E-state index is 13.1. The Morgan fingerprint density at radius 3 is 2.74 bits per heavy atom. The van der Waals surface area contributed by atoms with Crippen LogP contribution in [0.5, 0.6) is 0 Å². The predicted molar refractivity (Wildman–Crippen MR) is 135 cm³/mol. The Kier molecular flexibility index (Phi) is 5.53. The second kappa shape index (κ2) is 8.56. The molecule has 0 saturated heterocycles. The minimum Gasteiger partial charge on any atom is -0.476 e. The highest BCUT2D eigenvalue weighted by molar-refractivity contribution is 6.29. The van der Waals surface area contributed by atoms with Crippen molar-refractivity contribution in [3.8, 4) is 11.3 Å². The van der Waals surface area contributed by atoms with Gasteiger partial charge in [0.25, 0.3) is 0 Å². The number of hydrogen-bond acceptors (Lipinski definition) is 6. The average Bonchev–Trinajstić information content (AvgIpc) is 3.19. The summed E-state index contributed by atoms with van der Waals surface area (Å²) in [4.78, 5) is 28.7. The molecule has 2 aromatic carbocycles. The Labute approximate surface area is 204 Å². The second-order valence-electron chi connectivity index (χ2n) is 8.48. The van der Waals surface area contributed by atoms with Gasteiger partial charge in [-0.3, -0.25) is 9.48 Å². The van der Waals surface area contributed by atoms with Gasteiger partial charge in [0, 0.05) is 35.8 Å². The Morgan fingerprint density at radius 1 is 1.17 bits per heavy atom. The molecule has 8 nitrogen and oxygen atoms in total. The number of benzene rings is 2. The van der Waals surface area contributed by atoms with Gasteiger partial charge in [-0.1, -0.05) is 17.7 Å². The zero-order chi connectivity index (χ0) is 24.9. The van der Waals surface area contributed by atoms with Crippen LogP contribution in [0.15, 0.2) is 63.9 Å². The summed E-state index contributed by atoms with van der Waals surface area (Å²) in [6.45, 7) is 3.76. The molecule has 0 aliphatic rings. The third-order valence-corrected chi connectivity index (χ3v) is 6.02. The van der Waals surface area contributed by atoms with E-state index >= 15 is 0 Å². The van der Waals surface area contributed by atoms with E-state index in [0.717, 1.165) is 22.0 Å². The lowest BCUT2D eigenvalue weighted by molar-refractivity contribution is 0.0691. The summed E-state index contributed by atoms with van der Waals surface area (Å²) in [5.41, 5.74) is 3.59. The number of hydrogen-bond donors (Lipinski definition) is 2. The maximum Gasteiger partial charge on any atom is 0.356 e. The van der Waals surface area contributed by atoms with Crippen LogP contribution in [0.3, 0.4) is 0 Å². The fraction of sp³-hybridized carbons (Fsp3) is 0.154. The van der Waals surface area contributed by atoms with Crippen molar-refractivity contribution < 1.29 is 14.3 Å². The van der Waals surface area contributed by atoms with Gasteiger partial charge in [0.1, 0.15) is 16.5 Å². The summed E-state index contributed by atoms with van der Waals surface area (Å²) in [6.07, 6.45) is 1.90.